The molecule has 0 aliphatic carbocycles. The number of rotatable bonds is 3. The number of nitrogens with zero attached hydrogens (tertiary/aromatic N) is 2. The van der Waals surface area contributed by atoms with Crippen LogP contribution in [0.4, 0.5) is 0 Å². The fourth-order valence-electron chi connectivity index (χ4n) is 0.948. The van der Waals surface area contributed by atoms with Crippen molar-refractivity contribution in [3.8, 4) is 6.07 Å². The maximum atomic E-state index is 11.7. The lowest BCUT2D eigenvalue weighted by atomic mass is 10.2. The molecule has 5 nitrogen and oxygen atoms in total. The van der Waals surface area contributed by atoms with E-state index in [9.17, 15) is 8.42 Å². The molecular formula is C9H10N2O3S. The van der Waals surface area contributed by atoms with Crippen molar-refractivity contribution in [2.45, 2.75) is 4.90 Å². The van der Waals surface area contributed by atoms with Gasteiger partial charge < -0.3 is 0 Å². The SMILES string of the molecule is CON(C)S(=O)(=O)c1ccc(C#N)cc1. The first-order valence-corrected chi connectivity index (χ1v) is 5.49. The first-order valence-electron chi connectivity index (χ1n) is 4.05. The van der Waals surface area contributed by atoms with Crippen LogP contribution in [0.1, 0.15) is 5.56 Å². The highest BCUT2D eigenvalue weighted by Gasteiger charge is 2.20. The van der Waals surface area contributed by atoms with Crippen LogP contribution in [0.2, 0.25) is 0 Å². The third-order valence-corrected chi connectivity index (χ3v) is 3.57. The van der Waals surface area contributed by atoms with Crippen LogP contribution < -0.4 is 0 Å². The van der Waals surface area contributed by atoms with Gasteiger partial charge in [-0.2, -0.15) is 5.26 Å². The largest absolute Gasteiger partial charge is 0.288 e. The minimum absolute atomic E-state index is 0.0888. The van der Waals surface area contributed by atoms with Gasteiger partial charge in [-0.15, -0.1) is 0 Å². The molecule has 0 aromatic heterocycles. The van der Waals surface area contributed by atoms with Gasteiger partial charge in [-0.3, -0.25) is 4.84 Å². The van der Waals surface area contributed by atoms with Crippen molar-refractivity contribution >= 4 is 10.0 Å². The molecule has 0 amide bonds. The van der Waals surface area contributed by atoms with E-state index in [-0.39, 0.29) is 4.90 Å². The number of benzene rings is 1. The molecule has 0 bridgehead atoms. The smallest absolute Gasteiger partial charge is 0.264 e. The van der Waals surface area contributed by atoms with Crippen molar-refractivity contribution in [3.05, 3.63) is 29.8 Å². The maximum absolute atomic E-state index is 11.7. The van der Waals surface area contributed by atoms with Crippen LogP contribution in [0.25, 0.3) is 0 Å². The van der Waals surface area contributed by atoms with Gasteiger partial charge in [-0.1, -0.05) is 4.47 Å². The second-order valence-corrected chi connectivity index (χ2v) is 4.67. The molecule has 6 heteroatoms. The highest BCUT2D eigenvalue weighted by Crippen LogP contribution is 2.14. The van der Waals surface area contributed by atoms with Gasteiger partial charge >= 0.3 is 0 Å². The monoisotopic (exact) mass is 226 g/mol. The van der Waals surface area contributed by atoms with E-state index < -0.39 is 10.0 Å². The summed E-state index contributed by atoms with van der Waals surface area (Å²) in [6.07, 6.45) is 0. The zero-order chi connectivity index (χ0) is 11.5. The molecule has 0 N–H and O–H groups in total. The Hall–Kier alpha value is -1.42. The summed E-state index contributed by atoms with van der Waals surface area (Å²) in [7, 11) is -1.05. The molecule has 0 aliphatic rings. The Kier molecular flexibility index (Phi) is 3.42. The third-order valence-electron chi connectivity index (χ3n) is 1.88. The molecule has 80 valence electrons. The molecule has 0 heterocycles. The van der Waals surface area contributed by atoms with Gasteiger partial charge in [0.2, 0.25) is 0 Å². The Morgan fingerprint density at radius 2 is 1.87 bits per heavy atom. The van der Waals surface area contributed by atoms with E-state index in [2.05, 4.69) is 4.84 Å². The van der Waals surface area contributed by atoms with Crippen LogP contribution in [0.15, 0.2) is 29.2 Å². The highest BCUT2D eigenvalue weighted by molar-refractivity contribution is 7.89. The second kappa shape index (κ2) is 4.40. The minimum Gasteiger partial charge on any atom is -0.288 e. The second-order valence-electron chi connectivity index (χ2n) is 2.73. The normalized spacial score (nSPS) is 11.3. The van der Waals surface area contributed by atoms with Gasteiger partial charge in [0.1, 0.15) is 0 Å². The van der Waals surface area contributed by atoms with Crippen molar-refractivity contribution in [1.29, 1.82) is 5.26 Å². The van der Waals surface area contributed by atoms with Crippen LogP contribution in [0, 0.1) is 11.3 Å². The minimum atomic E-state index is -3.61. The fourth-order valence-corrected chi connectivity index (χ4v) is 1.92. The van der Waals surface area contributed by atoms with E-state index in [1.807, 2.05) is 6.07 Å². The Labute approximate surface area is 88.5 Å². The maximum Gasteiger partial charge on any atom is 0.264 e. The Morgan fingerprint density at radius 1 is 1.33 bits per heavy atom. The molecule has 0 aliphatic heterocycles. The third kappa shape index (κ3) is 2.33. The molecule has 1 aromatic carbocycles. The molecule has 1 rings (SSSR count). The van der Waals surface area contributed by atoms with Gasteiger partial charge in [0.25, 0.3) is 10.0 Å². The highest BCUT2D eigenvalue weighted by atomic mass is 32.2. The van der Waals surface area contributed by atoms with Crippen LogP contribution >= 0.6 is 0 Å². The standard InChI is InChI=1S/C9H10N2O3S/c1-11(14-2)15(12,13)9-5-3-8(7-10)4-6-9/h3-6H,1-2H3. The van der Waals surface area contributed by atoms with Gasteiger partial charge in [0.05, 0.1) is 23.6 Å². The van der Waals surface area contributed by atoms with Gasteiger partial charge in [-0.05, 0) is 24.3 Å². The molecular weight excluding hydrogens is 216 g/mol. The number of sulfonamides is 1. The Bertz CT molecular complexity index is 473. The Balaban J connectivity index is 3.13. The molecule has 0 spiro atoms. The molecule has 0 unspecified atom stereocenters. The molecule has 0 fully saturated rings. The molecule has 1 aromatic rings. The lowest BCUT2D eigenvalue weighted by Crippen LogP contribution is -2.25. The number of hydrogen-bond donors (Lipinski definition) is 0. The average Bonchev–Trinajstić information content (AvgIpc) is 2.28. The summed E-state index contributed by atoms with van der Waals surface area (Å²) >= 11 is 0. The summed E-state index contributed by atoms with van der Waals surface area (Å²) in [6.45, 7) is 0. The van der Waals surface area contributed by atoms with E-state index in [4.69, 9.17) is 5.26 Å². The predicted molar refractivity (Wildman–Crippen MR) is 53.1 cm³/mol. The number of hydrogen-bond acceptors (Lipinski definition) is 4. The van der Waals surface area contributed by atoms with E-state index in [1.165, 1.54) is 38.4 Å². The Morgan fingerprint density at radius 3 is 2.27 bits per heavy atom. The van der Waals surface area contributed by atoms with Gasteiger partial charge in [0.15, 0.2) is 0 Å². The van der Waals surface area contributed by atoms with Crippen LogP contribution in [-0.4, -0.2) is 27.0 Å². The summed E-state index contributed by atoms with van der Waals surface area (Å²) in [5.74, 6) is 0. The van der Waals surface area contributed by atoms with Crippen molar-refractivity contribution in [2.75, 3.05) is 14.2 Å². The summed E-state index contributed by atoms with van der Waals surface area (Å²) in [5, 5.41) is 8.55. The summed E-state index contributed by atoms with van der Waals surface area (Å²) < 4.78 is 24.1. The summed E-state index contributed by atoms with van der Waals surface area (Å²) in [6, 6.07) is 7.52. The first-order chi connectivity index (χ1) is 7.02. The lowest BCUT2D eigenvalue weighted by molar-refractivity contribution is -0.0258. The van der Waals surface area contributed by atoms with E-state index >= 15 is 0 Å². The lowest BCUT2D eigenvalue weighted by Gasteiger charge is -2.13. The molecule has 0 saturated carbocycles. The van der Waals surface area contributed by atoms with E-state index in [1.54, 1.807) is 0 Å². The van der Waals surface area contributed by atoms with E-state index in [0.29, 0.717) is 5.56 Å². The zero-order valence-electron chi connectivity index (χ0n) is 8.34. The van der Waals surface area contributed by atoms with Gasteiger partial charge in [0, 0.05) is 7.05 Å². The summed E-state index contributed by atoms with van der Waals surface area (Å²) in [4.78, 5) is 4.70. The topological polar surface area (TPSA) is 70.4 Å². The molecule has 0 radical (unpaired) electrons. The zero-order valence-corrected chi connectivity index (χ0v) is 9.15. The molecule has 0 saturated heterocycles. The van der Waals surface area contributed by atoms with Crippen LogP contribution in [-0.2, 0) is 14.9 Å². The average molecular weight is 226 g/mol. The predicted octanol–water partition coefficient (Wildman–Crippen LogP) is 0.740. The van der Waals surface area contributed by atoms with Crippen molar-refractivity contribution in [2.24, 2.45) is 0 Å². The molecule has 0 atom stereocenters. The van der Waals surface area contributed by atoms with Crippen LogP contribution in [0.3, 0.4) is 0 Å². The number of nitriles is 1. The fraction of sp³-hybridized carbons (Fsp3) is 0.222. The van der Waals surface area contributed by atoms with Crippen LogP contribution in [0.5, 0.6) is 0 Å². The van der Waals surface area contributed by atoms with Crippen molar-refractivity contribution < 1.29 is 13.3 Å². The van der Waals surface area contributed by atoms with Crippen molar-refractivity contribution in [3.63, 3.8) is 0 Å². The number of hydroxylamine groups is 1. The molecule has 15 heavy (non-hydrogen) atoms. The van der Waals surface area contributed by atoms with E-state index in [0.717, 1.165) is 4.47 Å². The summed E-state index contributed by atoms with van der Waals surface area (Å²) in [5.41, 5.74) is 0.411. The van der Waals surface area contributed by atoms with Gasteiger partial charge in [-0.25, -0.2) is 8.42 Å². The quantitative estimate of drug-likeness (QED) is 0.713. The first kappa shape index (κ1) is 11.7. The van der Waals surface area contributed by atoms with Crippen molar-refractivity contribution in [1.82, 2.24) is 4.47 Å².